The minimum Gasteiger partial charge on any atom is -0.333 e. The van der Waals surface area contributed by atoms with Gasteiger partial charge in [-0.25, -0.2) is 4.68 Å². The summed E-state index contributed by atoms with van der Waals surface area (Å²) in [6.45, 7) is 4.32. The molecule has 0 radical (unpaired) electrons. The van der Waals surface area contributed by atoms with Crippen LogP contribution in [-0.2, 0) is 20.8 Å². The smallest absolute Gasteiger partial charge is 0.257 e. The van der Waals surface area contributed by atoms with Crippen LogP contribution < -0.4 is 10.9 Å². The third-order valence-corrected chi connectivity index (χ3v) is 5.13. The van der Waals surface area contributed by atoms with Crippen molar-refractivity contribution in [1.29, 1.82) is 0 Å². The third-order valence-electron chi connectivity index (χ3n) is 5.13. The summed E-state index contributed by atoms with van der Waals surface area (Å²) in [5.74, 6) is -0.745. The van der Waals surface area contributed by atoms with Crippen molar-refractivity contribution in [2.75, 3.05) is 13.1 Å². The fraction of sp³-hybridized carbons (Fsp3) is 0.429. The van der Waals surface area contributed by atoms with Gasteiger partial charge in [0.1, 0.15) is 6.54 Å². The fourth-order valence-corrected chi connectivity index (χ4v) is 3.51. The highest BCUT2D eigenvalue weighted by atomic mass is 16.2. The molecule has 0 bridgehead atoms. The number of aromatic nitrogens is 2. The van der Waals surface area contributed by atoms with E-state index in [2.05, 4.69) is 16.0 Å². The molecule has 1 aliphatic heterocycles. The van der Waals surface area contributed by atoms with Gasteiger partial charge in [0, 0.05) is 24.2 Å². The lowest BCUT2D eigenvalue weighted by molar-refractivity contribution is -0.136. The van der Waals surface area contributed by atoms with Crippen LogP contribution in [-0.4, -0.2) is 45.5 Å². The Morgan fingerprint density at radius 1 is 1.03 bits per heavy atom. The van der Waals surface area contributed by atoms with Gasteiger partial charge < -0.3 is 4.90 Å². The monoisotopic (exact) mass is 397 g/mol. The molecular formula is C21H27N5O3. The van der Waals surface area contributed by atoms with Crippen molar-refractivity contribution in [1.82, 2.24) is 25.5 Å². The van der Waals surface area contributed by atoms with E-state index in [9.17, 15) is 14.4 Å². The van der Waals surface area contributed by atoms with Crippen LogP contribution in [0, 0.1) is 13.8 Å². The Bertz CT molecular complexity index is 891. The molecule has 1 aromatic heterocycles. The second-order valence-electron chi connectivity index (χ2n) is 7.30. The maximum atomic E-state index is 12.3. The van der Waals surface area contributed by atoms with Gasteiger partial charge in [-0.05, 0) is 38.8 Å². The van der Waals surface area contributed by atoms with E-state index in [4.69, 9.17) is 0 Å². The normalized spacial score (nSPS) is 14.4. The molecule has 8 nitrogen and oxygen atoms in total. The Labute approximate surface area is 170 Å². The second kappa shape index (κ2) is 9.36. The number of carbonyl (C=O) groups is 3. The van der Waals surface area contributed by atoms with Gasteiger partial charge in [-0.2, -0.15) is 5.10 Å². The molecule has 2 N–H and O–H groups in total. The summed E-state index contributed by atoms with van der Waals surface area (Å²) >= 11 is 0. The number of hydrogen-bond donors (Lipinski definition) is 2. The van der Waals surface area contributed by atoms with Crippen molar-refractivity contribution >= 4 is 17.7 Å². The molecule has 1 fully saturated rings. The molecule has 3 rings (SSSR count). The van der Waals surface area contributed by atoms with Crippen LogP contribution in [0.3, 0.4) is 0 Å². The van der Waals surface area contributed by atoms with Crippen molar-refractivity contribution in [2.24, 2.45) is 0 Å². The first-order valence-electron chi connectivity index (χ1n) is 9.91. The number of hydrogen-bond acceptors (Lipinski definition) is 4. The summed E-state index contributed by atoms with van der Waals surface area (Å²) in [5, 5.41) is 4.53. The van der Waals surface area contributed by atoms with E-state index in [1.54, 1.807) is 4.90 Å². The molecule has 3 amide bonds. The first-order valence-corrected chi connectivity index (χ1v) is 9.91. The van der Waals surface area contributed by atoms with E-state index >= 15 is 0 Å². The maximum Gasteiger partial charge on any atom is 0.257 e. The number of rotatable bonds is 5. The number of benzene rings is 1. The van der Waals surface area contributed by atoms with Crippen LogP contribution in [0.1, 0.15) is 42.6 Å². The van der Waals surface area contributed by atoms with Crippen LogP contribution in [0.25, 0.3) is 5.69 Å². The molecule has 1 aromatic carbocycles. The molecule has 0 atom stereocenters. The van der Waals surface area contributed by atoms with Crippen LogP contribution in [0.15, 0.2) is 30.3 Å². The number of nitrogens with one attached hydrogen (secondary N) is 2. The molecular weight excluding hydrogens is 370 g/mol. The van der Waals surface area contributed by atoms with Crippen molar-refractivity contribution in [2.45, 2.75) is 46.0 Å². The van der Waals surface area contributed by atoms with Gasteiger partial charge in [-0.15, -0.1) is 0 Å². The zero-order valence-electron chi connectivity index (χ0n) is 16.9. The largest absolute Gasteiger partial charge is 0.333 e. The van der Waals surface area contributed by atoms with E-state index in [1.807, 2.05) is 48.9 Å². The molecule has 0 saturated carbocycles. The Balaban J connectivity index is 1.55. The van der Waals surface area contributed by atoms with Gasteiger partial charge in [0.15, 0.2) is 0 Å². The maximum absolute atomic E-state index is 12.3. The van der Waals surface area contributed by atoms with E-state index in [0.29, 0.717) is 13.0 Å². The minimum absolute atomic E-state index is 0.0106. The van der Waals surface area contributed by atoms with E-state index < -0.39 is 5.91 Å². The minimum atomic E-state index is -0.401. The van der Waals surface area contributed by atoms with Gasteiger partial charge in [-0.1, -0.05) is 24.6 Å². The van der Waals surface area contributed by atoms with Crippen molar-refractivity contribution in [3.05, 3.63) is 47.3 Å². The fourth-order valence-electron chi connectivity index (χ4n) is 3.51. The van der Waals surface area contributed by atoms with Crippen molar-refractivity contribution in [3.8, 4) is 5.69 Å². The number of amides is 3. The lowest BCUT2D eigenvalue weighted by Gasteiger charge is -2.19. The summed E-state index contributed by atoms with van der Waals surface area (Å²) in [7, 11) is 0. The lowest BCUT2D eigenvalue weighted by Crippen LogP contribution is -2.48. The Morgan fingerprint density at radius 2 is 1.76 bits per heavy atom. The van der Waals surface area contributed by atoms with Gasteiger partial charge in [0.05, 0.1) is 17.8 Å². The summed E-state index contributed by atoms with van der Waals surface area (Å²) in [4.78, 5) is 38.0. The molecule has 0 spiro atoms. The molecule has 8 heteroatoms. The molecule has 2 heterocycles. The van der Waals surface area contributed by atoms with E-state index in [1.165, 1.54) is 0 Å². The Hall–Kier alpha value is -3.16. The van der Waals surface area contributed by atoms with Gasteiger partial charge in [-0.3, -0.25) is 25.2 Å². The second-order valence-corrected chi connectivity index (χ2v) is 7.30. The number of aryl methyl sites for hydroxylation is 1. The van der Waals surface area contributed by atoms with Gasteiger partial charge >= 0.3 is 0 Å². The predicted molar refractivity (Wildman–Crippen MR) is 108 cm³/mol. The average Bonchev–Trinajstić information content (AvgIpc) is 2.86. The number of para-hydroxylation sites is 1. The summed E-state index contributed by atoms with van der Waals surface area (Å²) in [5.41, 5.74) is 8.24. The van der Waals surface area contributed by atoms with Crippen molar-refractivity contribution < 1.29 is 14.4 Å². The number of nitrogens with zero attached hydrogens (tertiary/aromatic N) is 3. The quantitative estimate of drug-likeness (QED) is 0.749. The average molecular weight is 397 g/mol. The summed E-state index contributed by atoms with van der Waals surface area (Å²) in [6.07, 6.45) is 3.34. The van der Waals surface area contributed by atoms with Crippen LogP contribution >= 0.6 is 0 Å². The lowest BCUT2D eigenvalue weighted by atomic mass is 10.1. The summed E-state index contributed by atoms with van der Waals surface area (Å²) in [6, 6.07) is 9.71. The highest BCUT2D eigenvalue weighted by molar-refractivity contribution is 5.87. The zero-order valence-corrected chi connectivity index (χ0v) is 16.9. The van der Waals surface area contributed by atoms with Crippen LogP contribution in [0.4, 0.5) is 0 Å². The number of likely N-dealkylation sites (tertiary alicyclic amines) is 1. The first-order chi connectivity index (χ1) is 14.0. The Kier molecular flexibility index (Phi) is 6.64. The van der Waals surface area contributed by atoms with Crippen LogP contribution in [0.5, 0.6) is 0 Å². The topological polar surface area (TPSA) is 96.3 Å². The molecule has 29 heavy (non-hydrogen) atoms. The highest BCUT2D eigenvalue weighted by Gasteiger charge is 2.20. The Morgan fingerprint density at radius 3 is 2.52 bits per heavy atom. The molecule has 1 saturated heterocycles. The predicted octanol–water partition coefficient (Wildman–Crippen LogP) is 1.58. The van der Waals surface area contributed by atoms with Crippen molar-refractivity contribution in [3.63, 3.8) is 0 Å². The standard InChI is InChI=1S/C21H27N5O3/c1-15-18(16(2)26(24-15)17-9-5-3-6-10-17)13-19(27)22-23-20(28)14-25-12-8-4-7-11-21(25)29/h3,5-6,9-10H,4,7-8,11-14H2,1-2H3,(H,22,27)(H,23,28). The first kappa shape index (κ1) is 20.6. The number of hydrazine groups is 1. The molecule has 1 aliphatic rings. The SMILES string of the molecule is Cc1nn(-c2ccccc2)c(C)c1CC(=O)NNC(=O)CN1CCCCCC1=O. The number of carbonyl (C=O) groups excluding carboxylic acids is 3. The van der Waals surface area contributed by atoms with E-state index in [0.717, 1.165) is 41.9 Å². The van der Waals surface area contributed by atoms with Crippen LogP contribution in [0.2, 0.25) is 0 Å². The third kappa shape index (κ3) is 5.22. The summed E-state index contributed by atoms with van der Waals surface area (Å²) < 4.78 is 1.81. The van der Waals surface area contributed by atoms with E-state index in [-0.39, 0.29) is 24.8 Å². The molecule has 0 aliphatic carbocycles. The highest BCUT2D eigenvalue weighted by Crippen LogP contribution is 2.18. The van der Waals surface area contributed by atoms with Gasteiger partial charge in [0.2, 0.25) is 11.8 Å². The van der Waals surface area contributed by atoms with Gasteiger partial charge in [0.25, 0.3) is 5.91 Å². The zero-order chi connectivity index (χ0) is 20.8. The molecule has 154 valence electrons. The molecule has 0 unspecified atom stereocenters. The molecule has 2 aromatic rings.